The van der Waals surface area contributed by atoms with Crippen LogP contribution >= 0.6 is 35.4 Å². The summed E-state index contributed by atoms with van der Waals surface area (Å²) in [6.45, 7) is 3.50. The highest BCUT2D eigenvalue weighted by Gasteiger charge is 2.20. The molecule has 1 aromatic rings. The molecule has 0 aromatic heterocycles. The zero-order valence-corrected chi connectivity index (χ0v) is 14.8. The Morgan fingerprint density at radius 1 is 1.22 bits per heavy atom. The van der Waals surface area contributed by atoms with Gasteiger partial charge in [0.2, 0.25) is 0 Å². The average molecular weight is 374 g/mol. The lowest BCUT2D eigenvalue weighted by Gasteiger charge is -2.28. The molecule has 2 aliphatic rings. The monoisotopic (exact) mass is 373 g/mol. The summed E-state index contributed by atoms with van der Waals surface area (Å²) in [5.74, 6) is 0.592. The molecule has 1 fully saturated rings. The molecule has 0 amide bonds. The fourth-order valence-corrected chi connectivity index (χ4v) is 3.11. The minimum atomic E-state index is 0.425. The lowest BCUT2D eigenvalue weighted by molar-refractivity contribution is 0.0677. The molecule has 8 heteroatoms. The van der Waals surface area contributed by atoms with Crippen LogP contribution in [0.1, 0.15) is 18.4 Å². The third kappa shape index (κ3) is 3.88. The summed E-state index contributed by atoms with van der Waals surface area (Å²) in [7, 11) is 0. The number of nitrogens with zero attached hydrogens (tertiary/aromatic N) is 2. The molecule has 5 nitrogen and oxygen atoms in total. The Kier molecular flexibility index (Phi) is 5.58. The molecule has 0 atom stereocenters. The van der Waals surface area contributed by atoms with E-state index in [0.717, 1.165) is 37.2 Å². The highest BCUT2D eigenvalue weighted by molar-refractivity contribution is 7.80. The summed E-state index contributed by atoms with van der Waals surface area (Å²) in [5.41, 5.74) is 4.71. The van der Waals surface area contributed by atoms with E-state index in [-0.39, 0.29) is 0 Å². The van der Waals surface area contributed by atoms with Crippen molar-refractivity contribution in [3.8, 4) is 5.75 Å². The molecule has 2 aliphatic heterocycles. The van der Waals surface area contributed by atoms with Crippen molar-refractivity contribution in [3.63, 3.8) is 0 Å². The van der Waals surface area contributed by atoms with Gasteiger partial charge in [-0.25, -0.2) is 0 Å². The van der Waals surface area contributed by atoms with Crippen LogP contribution in [0, 0.1) is 0 Å². The van der Waals surface area contributed by atoms with Gasteiger partial charge in [-0.2, -0.15) is 5.10 Å². The van der Waals surface area contributed by atoms with Gasteiger partial charge >= 0.3 is 0 Å². The molecule has 0 radical (unpaired) electrons. The number of thiocarbonyl (C=S) groups is 1. The highest BCUT2D eigenvalue weighted by atomic mass is 35.5. The number of morpholine rings is 1. The zero-order chi connectivity index (χ0) is 16.2. The second-order valence-electron chi connectivity index (χ2n) is 5.26. The van der Waals surface area contributed by atoms with Gasteiger partial charge < -0.3 is 14.4 Å². The molecule has 124 valence electrons. The molecule has 1 N–H and O–H groups in total. The molecule has 2 heterocycles. The number of hydrogen-bond donors (Lipinski definition) is 1. The van der Waals surface area contributed by atoms with E-state index >= 15 is 0 Å². The van der Waals surface area contributed by atoms with Crippen LogP contribution in [-0.2, 0) is 4.74 Å². The van der Waals surface area contributed by atoms with Gasteiger partial charge in [-0.15, -0.1) is 0 Å². The standard InChI is InChI=1S/C15H17Cl2N3O2S/c16-11-4-3-10-12(2-1-7-22-14(10)13(11)17)18-19-15(23)20-5-8-21-9-6-20/h3-4H,1-2,5-9H2,(H,19,23)/b18-12-. The van der Waals surface area contributed by atoms with Crippen LogP contribution in [0.3, 0.4) is 0 Å². The van der Waals surface area contributed by atoms with Gasteiger partial charge in [0.15, 0.2) is 5.11 Å². The van der Waals surface area contributed by atoms with E-state index in [9.17, 15) is 0 Å². The maximum absolute atomic E-state index is 6.25. The average Bonchev–Trinajstić information content (AvgIpc) is 2.79. The SMILES string of the molecule is S=C(N/N=C1/CCCOc2c1ccc(Cl)c2Cl)N1CCOCC1. The number of fused-ring (bicyclic) bond motifs is 1. The minimum Gasteiger partial charge on any atom is -0.491 e. The van der Waals surface area contributed by atoms with Gasteiger partial charge in [-0.1, -0.05) is 23.2 Å². The topological polar surface area (TPSA) is 46.1 Å². The maximum Gasteiger partial charge on any atom is 0.189 e. The minimum absolute atomic E-state index is 0.425. The summed E-state index contributed by atoms with van der Waals surface area (Å²) < 4.78 is 11.1. The predicted molar refractivity (Wildman–Crippen MR) is 95.9 cm³/mol. The van der Waals surface area contributed by atoms with Crippen molar-refractivity contribution in [1.82, 2.24) is 10.3 Å². The molecule has 1 aromatic carbocycles. The summed E-state index contributed by atoms with van der Waals surface area (Å²) in [4.78, 5) is 2.05. The Balaban J connectivity index is 1.79. The summed E-state index contributed by atoms with van der Waals surface area (Å²) in [6, 6.07) is 3.64. The first kappa shape index (κ1) is 16.8. The third-order valence-electron chi connectivity index (χ3n) is 3.75. The first-order valence-corrected chi connectivity index (χ1v) is 8.63. The first-order chi connectivity index (χ1) is 11.2. The lowest BCUT2D eigenvalue weighted by Crippen LogP contribution is -2.44. The van der Waals surface area contributed by atoms with E-state index in [1.165, 1.54) is 0 Å². The molecule has 0 bridgehead atoms. The van der Waals surface area contributed by atoms with Gasteiger partial charge in [0.05, 0.1) is 30.6 Å². The van der Waals surface area contributed by atoms with Gasteiger partial charge in [-0.05, 0) is 37.2 Å². The van der Waals surface area contributed by atoms with Crippen molar-refractivity contribution >= 4 is 46.2 Å². The molecule has 1 saturated heterocycles. The Morgan fingerprint density at radius 3 is 2.78 bits per heavy atom. The normalized spacial score (nSPS) is 19.7. The number of benzene rings is 1. The smallest absolute Gasteiger partial charge is 0.189 e. The summed E-state index contributed by atoms with van der Waals surface area (Å²) >= 11 is 17.7. The highest BCUT2D eigenvalue weighted by Crippen LogP contribution is 2.37. The van der Waals surface area contributed by atoms with Crippen LogP contribution < -0.4 is 10.2 Å². The zero-order valence-electron chi connectivity index (χ0n) is 12.5. The van der Waals surface area contributed by atoms with E-state index in [1.54, 1.807) is 6.07 Å². The van der Waals surface area contributed by atoms with E-state index < -0.39 is 0 Å². The number of nitrogens with one attached hydrogen (secondary N) is 1. The largest absolute Gasteiger partial charge is 0.491 e. The molecule has 0 spiro atoms. The maximum atomic E-state index is 6.25. The van der Waals surface area contributed by atoms with Crippen molar-refractivity contribution in [1.29, 1.82) is 0 Å². The van der Waals surface area contributed by atoms with Crippen LogP contribution in [0.4, 0.5) is 0 Å². The molecule has 23 heavy (non-hydrogen) atoms. The molecule has 0 unspecified atom stereocenters. The van der Waals surface area contributed by atoms with Gasteiger partial charge in [-0.3, -0.25) is 5.43 Å². The number of ether oxygens (including phenoxy) is 2. The molecular formula is C15H17Cl2N3O2S. The van der Waals surface area contributed by atoms with Crippen molar-refractivity contribution in [2.45, 2.75) is 12.8 Å². The third-order valence-corrected chi connectivity index (χ3v) is 4.89. The Morgan fingerprint density at radius 2 is 2.00 bits per heavy atom. The second kappa shape index (κ2) is 7.66. The fourth-order valence-electron chi connectivity index (χ4n) is 2.52. The van der Waals surface area contributed by atoms with E-state index in [1.807, 2.05) is 11.0 Å². The van der Waals surface area contributed by atoms with Gasteiger partial charge in [0.1, 0.15) is 10.8 Å². The molecule has 0 saturated carbocycles. The Labute approximate surface area is 150 Å². The van der Waals surface area contributed by atoms with Gasteiger partial charge in [0, 0.05) is 18.7 Å². The van der Waals surface area contributed by atoms with Crippen LogP contribution in [-0.4, -0.2) is 48.6 Å². The molecule has 3 rings (SSSR count). The molecular weight excluding hydrogens is 357 g/mol. The number of hydrogen-bond acceptors (Lipinski definition) is 4. The predicted octanol–water partition coefficient (Wildman–Crippen LogP) is 3.08. The summed E-state index contributed by atoms with van der Waals surface area (Å²) in [6.07, 6.45) is 1.64. The first-order valence-electron chi connectivity index (χ1n) is 7.47. The van der Waals surface area contributed by atoms with Crippen molar-refractivity contribution in [2.75, 3.05) is 32.9 Å². The van der Waals surface area contributed by atoms with E-state index in [2.05, 4.69) is 10.5 Å². The van der Waals surface area contributed by atoms with Crippen molar-refractivity contribution in [2.24, 2.45) is 5.10 Å². The van der Waals surface area contributed by atoms with Gasteiger partial charge in [0.25, 0.3) is 0 Å². The number of halogens is 2. The van der Waals surface area contributed by atoms with Crippen LogP contribution in [0.25, 0.3) is 0 Å². The second-order valence-corrected chi connectivity index (χ2v) is 6.44. The number of hydrazone groups is 1. The fraction of sp³-hybridized carbons (Fsp3) is 0.467. The van der Waals surface area contributed by atoms with Crippen LogP contribution in [0.2, 0.25) is 10.0 Å². The lowest BCUT2D eigenvalue weighted by atomic mass is 10.1. The van der Waals surface area contributed by atoms with Crippen molar-refractivity contribution in [3.05, 3.63) is 27.7 Å². The van der Waals surface area contributed by atoms with Crippen molar-refractivity contribution < 1.29 is 9.47 Å². The quantitative estimate of drug-likeness (QED) is 0.605. The van der Waals surface area contributed by atoms with E-state index in [0.29, 0.717) is 40.7 Å². The van der Waals surface area contributed by atoms with E-state index in [4.69, 9.17) is 44.9 Å². The molecule has 0 aliphatic carbocycles. The Hall–Kier alpha value is -1.08. The Bertz CT molecular complexity index is 633. The summed E-state index contributed by atoms with van der Waals surface area (Å²) in [5, 5.41) is 6.00. The van der Waals surface area contributed by atoms with Crippen LogP contribution in [0.15, 0.2) is 17.2 Å². The van der Waals surface area contributed by atoms with Crippen LogP contribution in [0.5, 0.6) is 5.75 Å². The number of rotatable bonds is 1.